The molecule has 0 bridgehead atoms. The summed E-state index contributed by atoms with van der Waals surface area (Å²) in [5, 5.41) is 15.1. The van der Waals surface area contributed by atoms with E-state index in [1.807, 2.05) is 69.5 Å². The number of hydrogen-bond acceptors (Lipinski definition) is 5. The van der Waals surface area contributed by atoms with Crippen LogP contribution in [0.25, 0.3) is 16.8 Å². The summed E-state index contributed by atoms with van der Waals surface area (Å²) in [6, 6.07) is 6.31. The summed E-state index contributed by atoms with van der Waals surface area (Å²) >= 11 is 0. The number of imidazole rings is 1. The van der Waals surface area contributed by atoms with Crippen molar-refractivity contribution in [2.75, 3.05) is 20.7 Å². The van der Waals surface area contributed by atoms with Crippen molar-refractivity contribution in [3.05, 3.63) is 70.9 Å². The standard InChI is InChI=1S/C27H33F2N5O2/c1-16(2)26(35)25-20(17(3)33(6)31-25)11-12-36-27-21(8-9-22(28)24(27)29)18-7-10-23-30-13-19(15-32(4)5)34(23)14-18/h7-10,13-14,16,26,35H,11-12,15H2,1-6H3. The maximum atomic E-state index is 15.0. The van der Waals surface area contributed by atoms with Gasteiger partial charge in [-0.05, 0) is 51.2 Å². The molecular weight excluding hydrogens is 464 g/mol. The third-order valence-electron chi connectivity index (χ3n) is 6.42. The number of aliphatic hydroxyl groups is 1. The van der Waals surface area contributed by atoms with Crippen LogP contribution >= 0.6 is 0 Å². The van der Waals surface area contributed by atoms with Gasteiger partial charge < -0.3 is 19.1 Å². The van der Waals surface area contributed by atoms with E-state index in [1.165, 1.54) is 6.07 Å². The van der Waals surface area contributed by atoms with Crippen LogP contribution in [0, 0.1) is 24.5 Å². The van der Waals surface area contributed by atoms with Crippen molar-refractivity contribution in [1.29, 1.82) is 0 Å². The molecule has 9 heteroatoms. The van der Waals surface area contributed by atoms with Gasteiger partial charge in [0.25, 0.3) is 0 Å². The number of hydrogen-bond donors (Lipinski definition) is 1. The van der Waals surface area contributed by atoms with Crippen molar-refractivity contribution < 1.29 is 18.6 Å². The molecule has 0 aliphatic carbocycles. The number of halogens is 2. The highest BCUT2D eigenvalue weighted by Crippen LogP contribution is 2.35. The maximum absolute atomic E-state index is 15.0. The Morgan fingerprint density at radius 1 is 1.14 bits per heavy atom. The Morgan fingerprint density at radius 2 is 1.89 bits per heavy atom. The van der Waals surface area contributed by atoms with E-state index >= 15 is 0 Å². The topological polar surface area (TPSA) is 67.8 Å². The van der Waals surface area contributed by atoms with Crippen LogP contribution in [0.3, 0.4) is 0 Å². The highest BCUT2D eigenvalue weighted by atomic mass is 19.2. The molecular formula is C27H33F2N5O2. The molecule has 0 amide bonds. The van der Waals surface area contributed by atoms with Gasteiger partial charge in [0.2, 0.25) is 5.82 Å². The summed E-state index contributed by atoms with van der Waals surface area (Å²) in [6.45, 7) is 6.53. The summed E-state index contributed by atoms with van der Waals surface area (Å²) in [6.07, 6.45) is 3.34. The molecule has 7 nitrogen and oxygen atoms in total. The Hall–Kier alpha value is -3.30. The molecule has 1 unspecified atom stereocenters. The van der Waals surface area contributed by atoms with Gasteiger partial charge in [0, 0.05) is 48.6 Å². The van der Waals surface area contributed by atoms with Crippen LogP contribution in [0.15, 0.2) is 36.7 Å². The van der Waals surface area contributed by atoms with E-state index in [-0.39, 0.29) is 18.3 Å². The van der Waals surface area contributed by atoms with Crippen molar-refractivity contribution in [2.45, 2.75) is 39.8 Å². The molecule has 3 heterocycles. The Labute approximate surface area is 210 Å². The average molecular weight is 498 g/mol. The third-order valence-corrected chi connectivity index (χ3v) is 6.42. The Bertz CT molecular complexity index is 1380. The van der Waals surface area contributed by atoms with E-state index in [0.29, 0.717) is 29.8 Å². The van der Waals surface area contributed by atoms with Crippen LogP contribution in [-0.2, 0) is 20.0 Å². The number of aliphatic hydroxyl groups excluding tert-OH is 1. The molecule has 0 saturated heterocycles. The molecule has 3 aromatic heterocycles. The first-order valence-corrected chi connectivity index (χ1v) is 12.0. The number of fused-ring (bicyclic) bond motifs is 1. The number of nitrogens with zero attached hydrogens (tertiary/aromatic N) is 5. The van der Waals surface area contributed by atoms with E-state index in [1.54, 1.807) is 10.9 Å². The second kappa shape index (κ2) is 10.4. The molecule has 4 aromatic rings. The van der Waals surface area contributed by atoms with Gasteiger partial charge in [-0.15, -0.1) is 0 Å². The monoisotopic (exact) mass is 497 g/mol. The number of ether oxygens (including phenoxy) is 1. The summed E-state index contributed by atoms with van der Waals surface area (Å²) in [7, 11) is 5.76. The van der Waals surface area contributed by atoms with Crippen molar-refractivity contribution >= 4 is 5.65 Å². The number of pyridine rings is 1. The van der Waals surface area contributed by atoms with Crippen molar-refractivity contribution in [2.24, 2.45) is 13.0 Å². The minimum atomic E-state index is -1.03. The maximum Gasteiger partial charge on any atom is 0.201 e. The minimum Gasteiger partial charge on any atom is -0.489 e. The van der Waals surface area contributed by atoms with Gasteiger partial charge in [-0.3, -0.25) is 4.68 Å². The van der Waals surface area contributed by atoms with Gasteiger partial charge in [-0.2, -0.15) is 9.49 Å². The van der Waals surface area contributed by atoms with Crippen LogP contribution in [0.2, 0.25) is 0 Å². The van der Waals surface area contributed by atoms with E-state index in [0.717, 1.165) is 28.7 Å². The molecule has 0 aliphatic heterocycles. The molecule has 1 N–H and O–H groups in total. The van der Waals surface area contributed by atoms with Gasteiger partial charge in [0.05, 0.1) is 24.2 Å². The highest BCUT2D eigenvalue weighted by molar-refractivity contribution is 5.71. The van der Waals surface area contributed by atoms with Crippen molar-refractivity contribution in [3.8, 4) is 16.9 Å². The van der Waals surface area contributed by atoms with Crippen LogP contribution in [0.5, 0.6) is 5.75 Å². The molecule has 1 atom stereocenters. The fourth-order valence-electron chi connectivity index (χ4n) is 4.33. The largest absolute Gasteiger partial charge is 0.489 e. The zero-order chi connectivity index (χ0) is 26.1. The lowest BCUT2D eigenvalue weighted by atomic mass is 9.99. The molecule has 0 radical (unpaired) electrons. The predicted octanol–water partition coefficient (Wildman–Crippen LogP) is 4.69. The van der Waals surface area contributed by atoms with Gasteiger partial charge in [0.15, 0.2) is 11.6 Å². The lowest BCUT2D eigenvalue weighted by molar-refractivity contribution is 0.120. The fraction of sp³-hybridized carbons (Fsp3) is 0.407. The van der Waals surface area contributed by atoms with E-state index in [4.69, 9.17) is 4.74 Å². The summed E-state index contributed by atoms with van der Waals surface area (Å²) < 4.78 is 38.8. The molecule has 36 heavy (non-hydrogen) atoms. The minimum absolute atomic E-state index is 0.0123. The smallest absolute Gasteiger partial charge is 0.201 e. The predicted molar refractivity (Wildman–Crippen MR) is 135 cm³/mol. The van der Waals surface area contributed by atoms with E-state index in [2.05, 4.69) is 10.1 Å². The van der Waals surface area contributed by atoms with Crippen molar-refractivity contribution in [3.63, 3.8) is 0 Å². The lowest BCUT2D eigenvalue weighted by Gasteiger charge is -2.16. The highest BCUT2D eigenvalue weighted by Gasteiger charge is 2.23. The molecule has 1 aromatic carbocycles. The normalized spacial score (nSPS) is 12.8. The fourth-order valence-corrected chi connectivity index (χ4v) is 4.33. The van der Waals surface area contributed by atoms with Crippen LogP contribution < -0.4 is 4.74 Å². The molecule has 0 fully saturated rings. The SMILES string of the molecule is Cc1c(CCOc2c(-c3ccc4ncc(CN(C)C)n4c3)ccc(F)c2F)c(C(O)C(C)C)nn1C. The van der Waals surface area contributed by atoms with Crippen LogP contribution in [0.4, 0.5) is 8.78 Å². The first-order chi connectivity index (χ1) is 17.1. The van der Waals surface area contributed by atoms with Crippen LogP contribution in [0.1, 0.15) is 42.6 Å². The zero-order valence-electron chi connectivity index (χ0n) is 21.6. The summed E-state index contributed by atoms with van der Waals surface area (Å²) in [5.41, 5.74) is 5.22. The second-order valence-corrected chi connectivity index (χ2v) is 9.73. The number of aryl methyl sites for hydroxylation is 1. The molecule has 192 valence electrons. The Morgan fingerprint density at radius 3 is 2.58 bits per heavy atom. The van der Waals surface area contributed by atoms with Gasteiger partial charge in [-0.1, -0.05) is 13.8 Å². The first kappa shape index (κ1) is 25.8. The Balaban J connectivity index is 1.65. The second-order valence-electron chi connectivity index (χ2n) is 9.73. The first-order valence-electron chi connectivity index (χ1n) is 12.0. The van der Waals surface area contributed by atoms with Gasteiger partial charge in [-0.25, -0.2) is 9.37 Å². The number of aromatic nitrogens is 4. The van der Waals surface area contributed by atoms with Gasteiger partial charge >= 0.3 is 0 Å². The quantitative estimate of drug-likeness (QED) is 0.363. The lowest BCUT2D eigenvalue weighted by Crippen LogP contribution is -2.12. The van der Waals surface area contributed by atoms with E-state index in [9.17, 15) is 13.9 Å². The van der Waals surface area contributed by atoms with Gasteiger partial charge in [0.1, 0.15) is 11.8 Å². The van der Waals surface area contributed by atoms with E-state index < -0.39 is 17.7 Å². The molecule has 4 rings (SSSR count). The average Bonchev–Trinajstić information content (AvgIpc) is 3.35. The molecule has 0 aliphatic rings. The number of rotatable bonds is 9. The molecule has 0 spiro atoms. The van der Waals surface area contributed by atoms with Crippen molar-refractivity contribution in [1.82, 2.24) is 24.1 Å². The molecule has 0 saturated carbocycles. The zero-order valence-corrected chi connectivity index (χ0v) is 21.6. The Kier molecular flexibility index (Phi) is 7.42. The third kappa shape index (κ3) is 4.99. The summed E-state index contributed by atoms with van der Waals surface area (Å²) in [4.78, 5) is 6.47. The van der Waals surface area contributed by atoms with Crippen LogP contribution in [-0.4, -0.2) is 49.9 Å². The number of benzene rings is 1. The summed E-state index contributed by atoms with van der Waals surface area (Å²) in [5.74, 6) is -2.16.